The highest BCUT2D eigenvalue weighted by Gasteiger charge is 2.24. The van der Waals surface area contributed by atoms with E-state index in [2.05, 4.69) is 11.6 Å². The first-order valence-electron chi connectivity index (χ1n) is 5.04. The number of nitrogens with one attached hydrogen (secondary N) is 2. The summed E-state index contributed by atoms with van der Waals surface area (Å²) >= 11 is 0. The number of hydrogen-bond donors (Lipinski definition) is 2. The SMILES string of the molecule is CCC1CCCCC1NS(C)(=N)=O. The van der Waals surface area contributed by atoms with Crippen LogP contribution in [0.5, 0.6) is 0 Å². The first-order chi connectivity index (χ1) is 6.03. The highest BCUT2D eigenvalue weighted by molar-refractivity contribution is 7.89. The fraction of sp³-hybridized carbons (Fsp3) is 1.00. The van der Waals surface area contributed by atoms with Crippen molar-refractivity contribution in [1.29, 1.82) is 4.78 Å². The molecule has 0 aliphatic heterocycles. The zero-order valence-corrected chi connectivity index (χ0v) is 9.32. The molecule has 1 fully saturated rings. The molecule has 3 atom stereocenters. The molecule has 13 heavy (non-hydrogen) atoms. The molecular formula is C9H20N2OS. The number of rotatable bonds is 3. The third kappa shape index (κ3) is 3.65. The zero-order valence-electron chi connectivity index (χ0n) is 8.51. The minimum atomic E-state index is -2.52. The van der Waals surface area contributed by atoms with Crippen LogP contribution in [0.15, 0.2) is 0 Å². The normalized spacial score (nSPS) is 34.0. The largest absolute Gasteiger partial charge is 0.241 e. The van der Waals surface area contributed by atoms with Crippen LogP contribution in [0.1, 0.15) is 39.0 Å². The smallest absolute Gasteiger partial charge is 0.102 e. The minimum Gasteiger partial charge on any atom is -0.241 e. The Bertz CT molecular complexity index is 248. The average molecular weight is 204 g/mol. The van der Waals surface area contributed by atoms with E-state index in [0.29, 0.717) is 12.0 Å². The Hall–Kier alpha value is -0.0900. The van der Waals surface area contributed by atoms with Gasteiger partial charge in [-0.3, -0.25) is 0 Å². The molecule has 1 rings (SSSR count). The summed E-state index contributed by atoms with van der Waals surface area (Å²) in [4.78, 5) is 0. The molecule has 1 aliphatic rings. The molecule has 0 amide bonds. The van der Waals surface area contributed by atoms with Gasteiger partial charge in [0.15, 0.2) is 0 Å². The summed E-state index contributed by atoms with van der Waals surface area (Å²) in [6.07, 6.45) is 7.41. The molecule has 2 N–H and O–H groups in total. The van der Waals surface area contributed by atoms with Crippen molar-refractivity contribution in [3.63, 3.8) is 0 Å². The van der Waals surface area contributed by atoms with Crippen molar-refractivity contribution in [3.05, 3.63) is 0 Å². The van der Waals surface area contributed by atoms with Gasteiger partial charge in [-0.2, -0.15) is 0 Å². The topological polar surface area (TPSA) is 53.0 Å². The lowest BCUT2D eigenvalue weighted by atomic mass is 9.83. The molecular weight excluding hydrogens is 184 g/mol. The summed E-state index contributed by atoms with van der Waals surface area (Å²) in [5.74, 6) is 0.625. The molecule has 3 unspecified atom stereocenters. The van der Waals surface area contributed by atoms with Gasteiger partial charge in [0.25, 0.3) is 0 Å². The molecule has 0 spiro atoms. The van der Waals surface area contributed by atoms with E-state index >= 15 is 0 Å². The van der Waals surface area contributed by atoms with E-state index in [1.54, 1.807) is 0 Å². The van der Waals surface area contributed by atoms with Gasteiger partial charge >= 0.3 is 0 Å². The van der Waals surface area contributed by atoms with Crippen molar-refractivity contribution in [2.24, 2.45) is 5.92 Å². The molecule has 0 heterocycles. The van der Waals surface area contributed by atoms with Crippen molar-refractivity contribution in [1.82, 2.24) is 4.72 Å². The Labute approximate surface area is 81.4 Å². The Morgan fingerprint density at radius 3 is 2.62 bits per heavy atom. The van der Waals surface area contributed by atoms with Crippen LogP contribution in [0.25, 0.3) is 0 Å². The molecule has 0 aromatic heterocycles. The van der Waals surface area contributed by atoms with Gasteiger partial charge < -0.3 is 0 Å². The molecule has 4 heteroatoms. The predicted octanol–water partition coefficient (Wildman–Crippen LogP) is 2.14. The Morgan fingerprint density at radius 2 is 2.08 bits per heavy atom. The molecule has 0 aromatic rings. The van der Waals surface area contributed by atoms with E-state index in [4.69, 9.17) is 4.78 Å². The van der Waals surface area contributed by atoms with Gasteiger partial charge in [0.05, 0.1) is 0 Å². The van der Waals surface area contributed by atoms with Crippen LogP contribution in [0.3, 0.4) is 0 Å². The monoisotopic (exact) mass is 204 g/mol. The summed E-state index contributed by atoms with van der Waals surface area (Å²) in [7, 11) is -2.52. The van der Waals surface area contributed by atoms with E-state index < -0.39 is 9.92 Å². The van der Waals surface area contributed by atoms with Crippen LogP contribution < -0.4 is 4.72 Å². The minimum absolute atomic E-state index is 0.314. The molecule has 0 bridgehead atoms. The summed E-state index contributed by atoms with van der Waals surface area (Å²) < 4.78 is 21.6. The van der Waals surface area contributed by atoms with Gasteiger partial charge in [0.1, 0.15) is 9.92 Å². The summed E-state index contributed by atoms with van der Waals surface area (Å²) in [6.45, 7) is 2.17. The van der Waals surface area contributed by atoms with Crippen LogP contribution >= 0.6 is 0 Å². The first-order valence-corrected chi connectivity index (χ1v) is 7.00. The lowest BCUT2D eigenvalue weighted by molar-refractivity contribution is 0.284. The maximum absolute atomic E-state index is 11.3. The zero-order chi connectivity index (χ0) is 9.90. The van der Waals surface area contributed by atoms with E-state index in [0.717, 1.165) is 12.8 Å². The summed E-state index contributed by atoms with van der Waals surface area (Å²) in [6, 6.07) is 0.314. The number of hydrogen-bond acceptors (Lipinski definition) is 2. The third-order valence-corrected chi connectivity index (χ3v) is 3.56. The standard InChI is InChI=1S/C9H20N2OS/c1-3-8-6-4-5-7-9(8)11-13(2,10)12/h8-9H,3-7H2,1-2H3,(H2,10,11,12). The second kappa shape index (κ2) is 4.42. The van der Waals surface area contributed by atoms with Gasteiger partial charge in [-0.25, -0.2) is 13.7 Å². The quantitative estimate of drug-likeness (QED) is 0.727. The van der Waals surface area contributed by atoms with Crippen LogP contribution in [0.2, 0.25) is 0 Å². The van der Waals surface area contributed by atoms with Crippen molar-refractivity contribution < 1.29 is 4.21 Å². The van der Waals surface area contributed by atoms with Crippen LogP contribution in [-0.4, -0.2) is 16.5 Å². The van der Waals surface area contributed by atoms with E-state index in [1.807, 2.05) is 0 Å². The second-order valence-corrected chi connectivity index (χ2v) is 5.94. The van der Waals surface area contributed by atoms with Gasteiger partial charge in [-0.15, -0.1) is 0 Å². The van der Waals surface area contributed by atoms with Crippen LogP contribution in [0.4, 0.5) is 0 Å². The van der Waals surface area contributed by atoms with Crippen LogP contribution in [-0.2, 0) is 9.92 Å². The van der Waals surface area contributed by atoms with Gasteiger partial charge in [0.2, 0.25) is 0 Å². The third-order valence-electron chi connectivity index (χ3n) is 2.81. The summed E-state index contributed by atoms with van der Waals surface area (Å²) in [5.41, 5.74) is 0. The van der Waals surface area contributed by atoms with E-state index in [9.17, 15) is 4.21 Å². The lowest BCUT2D eigenvalue weighted by Gasteiger charge is -2.31. The Balaban J connectivity index is 2.55. The predicted molar refractivity (Wildman–Crippen MR) is 56.0 cm³/mol. The molecule has 1 aliphatic carbocycles. The molecule has 0 aromatic carbocycles. The molecule has 0 saturated heterocycles. The average Bonchev–Trinajstić information content (AvgIpc) is 2.02. The summed E-state index contributed by atoms with van der Waals surface area (Å²) in [5, 5.41) is 0. The maximum atomic E-state index is 11.3. The second-order valence-electron chi connectivity index (χ2n) is 4.02. The first kappa shape index (κ1) is 11.0. The lowest BCUT2D eigenvalue weighted by Crippen LogP contribution is -2.40. The van der Waals surface area contributed by atoms with Crippen molar-refractivity contribution in [3.8, 4) is 0 Å². The maximum Gasteiger partial charge on any atom is 0.102 e. The molecule has 3 nitrogen and oxygen atoms in total. The Morgan fingerprint density at radius 1 is 1.46 bits per heavy atom. The van der Waals surface area contributed by atoms with Crippen molar-refractivity contribution >= 4 is 9.92 Å². The Kier molecular flexibility index (Phi) is 3.74. The van der Waals surface area contributed by atoms with Crippen molar-refractivity contribution in [2.75, 3.05) is 6.26 Å². The van der Waals surface area contributed by atoms with Gasteiger partial charge in [-0.1, -0.05) is 26.2 Å². The van der Waals surface area contributed by atoms with E-state index in [1.165, 1.54) is 25.5 Å². The van der Waals surface area contributed by atoms with Gasteiger partial charge in [-0.05, 0) is 18.8 Å². The van der Waals surface area contributed by atoms with Gasteiger partial charge in [0, 0.05) is 12.3 Å². The molecule has 0 radical (unpaired) electrons. The molecule has 1 saturated carbocycles. The molecule has 78 valence electrons. The van der Waals surface area contributed by atoms with Crippen LogP contribution in [0, 0.1) is 10.7 Å². The highest BCUT2D eigenvalue weighted by Crippen LogP contribution is 2.27. The fourth-order valence-electron chi connectivity index (χ4n) is 2.14. The highest BCUT2D eigenvalue weighted by atomic mass is 32.2. The fourth-order valence-corrected chi connectivity index (χ4v) is 3.03. The van der Waals surface area contributed by atoms with E-state index in [-0.39, 0.29) is 0 Å². The van der Waals surface area contributed by atoms with Crippen molar-refractivity contribution in [2.45, 2.75) is 45.1 Å².